The number of aromatic nitrogens is 2. The quantitative estimate of drug-likeness (QED) is 0.344. The molecular formula is C22H20FN3O4S. The molecule has 160 valence electrons. The maximum Gasteiger partial charge on any atom is 0.295 e. The van der Waals surface area contributed by atoms with Gasteiger partial charge in [-0.2, -0.15) is 0 Å². The van der Waals surface area contributed by atoms with Crippen LogP contribution in [0.2, 0.25) is 0 Å². The minimum Gasteiger partial charge on any atom is -0.507 e. The van der Waals surface area contributed by atoms with Crippen molar-refractivity contribution in [3.05, 3.63) is 76.3 Å². The summed E-state index contributed by atoms with van der Waals surface area (Å²) in [5.41, 5.74) is -0.0422. The van der Waals surface area contributed by atoms with Crippen LogP contribution in [0.15, 0.2) is 60.0 Å². The summed E-state index contributed by atoms with van der Waals surface area (Å²) in [5, 5.41) is 12.9. The van der Waals surface area contributed by atoms with Gasteiger partial charge < -0.3 is 19.3 Å². The predicted molar refractivity (Wildman–Crippen MR) is 113 cm³/mol. The lowest BCUT2D eigenvalue weighted by Crippen LogP contribution is -2.31. The number of carbonyl (C=O) groups excluding carboxylic acids is 2. The second kappa shape index (κ2) is 8.73. The van der Waals surface area contributed by atoms with Crippen LogP contribution in [0.4, 0.5) is 4.39 Å². The normalized spacial score (nSPS) is 18.0. The molecule has 1 amide bonds. The fourth-order valence-corrected chi connectivity index (χ4v) is 4.55. The van der Waals surface area contributed by atoms with Crippen LogP contribution in [0.3, 0.4) is 0 Å². The molecule has 0 bridgehead atoms. The number of hydrogen-bond donors (Lipinski definition) is 1. The fourth-order valence-electron chi connectivity index (χ4n) is 3.71. The largest absolute Gasteiger partial charge is 0.507 e. The number of ether oxygens (including phenoxy) is 1. The van der Waals surface area contributed by atoms with Gasteiger partial charge in [0, 0.05) is 30.4 Å². The van der Waals surface area contributed by atoms with E-state index in [2.05, 4.69) is 4.98 Å². The molecule has 9 heteroatoms. The van der Waals surface area contributed by atoms with Crippen LogP contribution in [-0.2, 0) is 16.1 Å². The van der Waals surface area contributed by atoms with E-state index < -0.39 is 29.3 Å². The molecule has 3 aromatic rings. The molecule has 7 nitrogen and oxygen atoms in total. The molecule has 0 aliphatic carbocycles. The zero-order valence-corrected chi connectivity index (χ0v) is 17.5. The number of Topliss-reactive ketones (excluding diaryl/α,β-unsaturated/α-hetero) is 1. The molecule has 0 unspecified atom stereocenters. The lowest BCUT2D eigenvalue weighted by molar-refractivity contribution is -0.139. The number of ketones is 1. The number of nitrogens with zero attached hydrogens (tertiary/aromatic N) is 3. The van der Waals surface area contributed by atoms with Gasteiger partial charge in [-0.25, -0.2) is 9.37 Å². The van der Waals surface area contributed by atoms with Gasteiger partial charge in [0.1, 0.15) is 17.3 Å². The maximum atomic E-state index is 13.9. The number of rotatable bonds is 7. The smallest absolute Gasteiger partial charge is 0.295 e. The summed E-state index contributed by atoms with van der Waals surface area (Å²) in [6.45, 7) is 0.931. The Morgan fingerprint density at radius 1 is 1.29 bits per heavy atom. The van der Waals surface area contributed by atoms with E-state index in [9.17, 15) is 19.1 Å². The highest BCUT2D eigenvalue weighted by Gasteiger charge is 2.46. The van der Waals surface area contributed by atoms with E-state index in [1.54, 1.807) is 18.6 Å². The van der Waals surface area contributed by atoms with Gasteiger partial charge in [0.15, 0.2) is 0 Å². The average molecular weight is 441 g/mol. The Morgan fingerprint density at radius 2 is 2.13 bits per heavy atom. The van der Waals surface area contributed by atoms with Crippen molar-refractivity contribution in [3.63, 3.8) is 0 Å². The maximum absolute atomic E-state index is 13.9. The Kier molecular flexibility index (Phi) is 5.85. The van der Waals surface area contributed by atoms with E-state index >= 15 is 0 Å². The monoisotopic (exact) mass is 441 g/mol. The summed E-state index contributed by atoms with van der Waals surface area (Å²) in [6.07, 6.45) is 5.76. The minimum absolute atomic E-state index is 0.0282. The topological polar surface area (TPSA) is 84.7 Å². The van der Waals surface area contributed by atoms with Crippen molar-refractivity contribution in [3.8, 4) is 5.75 Å². The zero-order valence-electron chi connectivity index (χ0n) is 16.7. The van der Waals surface area contributed by atoms with Gasteiger partial charge >= 0.3 is 0 Å². The molecule has 0 saturated carbocycles. The summed E-state index contributed by atoms with van der Waals surface area (Å²) < 4.78 is 21.0. The third-order valence-electron chi connectivity index (χ3n) is 5.14. The number of imidazole rings is 1. The van der Waals surface area contributed by atoms with Crippen LogP contribution in [0, 0.1) is 5.82 Å². The van der Waals surface area contributed by atoms with Crippen LogP contribution < -0.4 is 4.74 Å². The lowest BCUT2D eigenvalue weighted by atomic mass is 9.99. The average Bonchev–Trinajstić information content (AvgIpc) is 3.52. The number of aryl methyl sites for hydroxylation is 1. The third kappa shape index (κ3) is 3.96. The fraction of sp³-hybridized carbons (Fsp3) is 0.227. The molecule has 1 atom stereocenters. The van der Waals surface area contributed by atoms with E-state index in [-0.39, 0.29) is 16.9 Å². The molecule has 31 heavy (non-hydrogen) atoms. The summed E-state index contributed by atoms with van der Waals surface area (Å²) in [7, 11) is 1.38. The van der Waals surface area contributed by atoms with E-state index in [1.165, 1.54) is 35.5 Å². The third-order valence-corrected chi connectivity index (χ3v) is 6.07. The molecule has 1 aliphatic heterocycles. The number of amides is 1. The Labute approximate surface area is 182 Å². The second-order valence-electron chi connectivity index (χ2n) is 7.01. The first-order valence-electron chi connectivity index (χ1n) is 9.62. The molecule has 3 heterocycles. The molecule has 1 saturated heterocycles. The molecule has 0 spiro atoms. The summed E-state index contributed by atoms with van der Waals surface area (Å²) in [5.74, 6) is -2.34. The Hall–Kier alpha value is -3.46. The second-order valence-corrected chi connectivity index (χ2v) is 7.99. The molecule has 4 rings (SSSR count). The predicted octanol–water partition coefficient (Wildman–Crippen LogP) is 3.60. The standard InChI is InChI=1S/C22H20FN3O4S/c1-30-16-6-5-14(23)12-15(16)20(27)18-19(17-4-2-11-31-17)26(22(29)21(18)28)9-3-8-25-10-7-24-13-25/h2,4-7,10-13,19,27H,3,8-9H2,1H3/b20-18+/t19-/m0/s1. The summed E-state index contributed by atoms with van der Waals surface area (Å²) in [4.78, 5) is 32.0. The molecule has 1 aromatic carbocycles. The van der Waals surface area contributed by atoms with E-state index in [1.807, 2.05) is 22.2 Å². The number of likely N-dealkylation sites (tertiary alicyclic amines) is 1. The van der Waals surface area contributed by atoms with E-state index in [4.69, 9.17) is 4.74 Å². The number of carbonyl (C=O) groups is 2. The molecular weight excluding hydrogens is 421 g/mol. The van der Waals surface area contributed by atoms with Crippen molar-refractivity contribution in [2.24, 2.45) is 0 Å². The van der Waals surface area contributed by atoms with Crippen molar-refractivity contribution < 1.29 is 23.8 Å². The zero-order chi connectivity index (χ0) is 22.0. The first kappa shape index (κ1) is 20.8. The van der Waals surface area contributed by atoms with Gasteiger partial charge in [-0.05, 0) is 36.1 Å². The van der Waals surface area contributed by atoms with Crippen molar-refractivity contribution in [1.29, 1.82) is 0 Å². The van der Waals surface area contributed by atoms with Crippen LogP contribution >= 0.6 is 11.3 Å². The Balaban J connectivity index is 1.74. The SMILES string of the molecule is COc1ccc(F)cc1/C(O)=C1\C(=O)C(=O)N(CCCn2ccnc2)[C@H]1c1cccs1. The van der Waals surface area contributed by atoms with Gasteiger partial charge in [-0.15, -0.1) is 11.3 Å². The number of thiophene rings is 1. The number of aliphatic hydroxyl groups excluding tert-OH is 1. The van der Waals surface area contributed by atoms with Gasteiger partial charge in [-0.1, -0.05) is 6.07 Å². The highest BCUT2D eigenvalue weighted by atomic mass is 32.1. The molecule has 0 radical (unpaired) electrons. The highest BCUT2D eigenvalue weighted by Crippen LogP contribution is 2.42. The first-order chi connectivity index (χ1) is 15.0. The number of halogens is 1. The van der Waals surface area contributed by atoms with Crippen molar-refractivity contribution in [2.45, 2.75) is 19.0 Å². The number of hydrogen-bond acceptors (Lipinski definition) is 6. The number of methoxy groups -OCH3 is 1. The Bertz CT molecular complexity index is 1130. The van der Waals surface area contributed by atoms with Gasteiger partial charge in [0.05, 0.1) is 30.6 Å². The summed E-state index contributed by atoms with van der Waals surface area (Å²) in [6, 6.07) is 6.52. The highest BCUT2D eigenvalue weighted by molar-refractivity contribution is 7.10. The van der Waals surface area contributed by atoms with Crippen LogP contribution in [0.25, 0.3) is 5.76 Å². The Morgan fingerprint density at radius 3 is 2.81 bits per heavy atom. The van der Waals surface area contributed by atoms with Crippen molar-refractivity contribution >= 4 is 28.8 Å². The number of benzene rings is 1. The first-order valence-corrected chi connectivity index (χ1v) is 10.5. The molecule has 1 N–H and O–H groups in total. The molecule has 1 aliphatic rings. The molecule has 2 aromatic heterocycles. The number of aliphatic hydroxyl groups is 1. The van der Waals surface area contributed by atoms with Crippen LogP contribution in [0.5, 0.6) is 5.75 Å². The van der Waals surface area contributed by atoms with E-state index in [0.29, 0.717) is 19.5 Å². The minimum atomic E-state index is -0.801. The van der Waals surface area contributed by atoms with E-state index in [0.717, 1.165) is 10.9 Å². The molecule has 1 fully saturated rings. The van der Waals surface area contributed by atoms with Crippen molar-refractivity contribution in [1.82, 2.24) is 14.5 Å². The summed E-state index contributed by atoms with van der Waals surface area (Å²) >= 11 is 1.38. The van der Waals surface area contributed by atoms with Gasteiger partial charge in [0.2, 0.25) is 0 Å². The lowest BCUT2D eigenvalue weighted by Gasteiger charge is -2.24. The van der Waals surface area contributed by atoms with Crippen molar-refractivity contribution in [2.75, 3.05) is 13.7 Å². The van der Waals surface area contributed by atoms with Gasteiger partial charge in [0.25, 0.3) is 11.7 Å². The van der Waals surface area contributed by atoms with Gasteiger partial charge in [-0.3, -0.25) is 9.59 Å². The van der Waals surface area contributed by atoms with Crippen LogP contribution in [0.1, 0.15) is 22.9 Å². The van der Waals surface area contributed by atoms with Crippen LogP contribution in [-0.4, -0.2) is 44.9 Å².